The molecule has 0 aromatic rings. The molecule has 0 N–H and O–H groups in total. The molecule has 2 aliphatic rings. The third-order valence-corrected chi connectivity index (χ3v) is 3.01. The van der Waals surface area contributed by atoms with E-state index in [9.17, 15) is 4.79 Å². The Balaban J connectivity index is 1.84. The third kappa shape index (κ3) is 1.70. The Bertz CT molecular complexity index is 202. The number of carbonyl (C=O) groups excluding carboxylic acids is 1. The predicted octanol–water partition coefficient (Wildman–Crippen LogP) is 1.65. The lowest BCUT2D eigenvalue weighted by Gasteiger charge is -2.14. The summed E-state index contributed by atoms with van der Waals surface area (Å²) in [5.41, 5.74) is -0.553. The number of carbonyl (C=O) groups is 1. The first kappa shape index (κ1) is 9.00. The summed E-state index contributed by atoms with van der Waals surface area (Å²) in [6.45, 7) is 2.51. The number of ether oxygens (including phenoxy) is 2. The first-order valence-electron chi connectivity index (χ1n) is 5.12. The van der Waals surface area contributed by atoms with Crippen LogP contribution >= 0.6 is 0 Å². The molecule has 1 atom stereocenters. The van der Waals surface area contributed by atoms with Crippen molar-refractivity contribution >= 4 is 5.97 Å². The summed E-state index contributed by atoms with van der Waals surface area (Å²) in [6, 6.07) is 0. The smallest absolute Gasteiger partial charge is 0.341 e. The second-order valence-corrected chi connectivity index (χ2v) is 3.95. The summed E-state index contributed by atoms with van der Waals surface area (Å²) >= 11 is 0. The number of hydrogen-bond donors (Lipinski definition) is 0. The molecule has 0 radical (unpaired) electrons. The van der Waals surface area contributed by atoms with Crippen LogP contribution < -0.4 is 0 Å². The largest absolute Gasteiger partial charge is 0.460 e. The molecule has 1 aliphatic heterocycles. The summed E-state index contributed by atoms with van der Waals surface area (Å²) in [4.78, 5) is 11.6. The molecule has 0 amide bonds. The minimum Gasteiger partial charge on any atom is -0.460 e. The van der Waals surface area contributed by atoms with Gasteiger partial charge in [0.25, 0.3) is 0 Å². The maximum atomic E-state index is 11.6. The van der Waals surface area contributed by atoms with Gasteiger partial charge in [-0.3, -0.25) is 0 Å². The van der Waals surface area contributed by atoms with E-state index < -0.39 is 5.60 Å². The molecular formula is C10H16O3. The molecular weight excluding hydrogens is 168 g/mol. The molecule has 1 heterocycles. The van der Waals surface area contributed by atoms with Gasteiger partial charge < -0.3 is 9.47 Å². The molecule has 2 rings (SSSR count). The molecule has 74 valence electrons. The first-order valence-corrected chi connectivity index (χ1v) is 5.12. The van der Waals surface area contributed by atoms with Crippen molar-refractivity contribution in [3.63, 3.8) is 0 Å². The van der Waals surface area contributed by atoms with Gasteiger partial charge in [-0.2, -0.15) is 0 Å². The van der Waals surface area contributed by atoms with Gasteiger partial charge in [0.2, 0.25) is 0 Å². The summed E-state index contributed by atoms with van der Waals surface area (Å²) < 4.78 is 10.5. The molecule has 0 aromatic heterocycles. The molecule has 1 unspecified atom stereocenters. The van der Waals surface area contributed by atoms with Crippen LogP contribution in [-0.4, -0.2) is 24.3 Å². The van der Waals surface area contributed by atoms with Crippen LogP contribution in [0, 0.1) is 0 Å². The number of esters is 1. The van der Waals surface area contributed by atoms with Gasteiger partial charge in [-0.25, -0.2) is 4.79 Å². The average molecular weight is 184 g/mol. The van der Waals surface area contributed by atoms with Gasteiger partial charge >= 0.3 is 5.97 Å². The van der Waals surface area contributed by atoms with E-state index in [1.807, 2.05) is 6.92 Å². The maximum Gasteiger partial charge on any atom is 0.341 e. The van der Waals surface area contributed by atoms with Gasteiger partial charge in [-0.05, 0) is 32.1 Å². The monoisotopic (exact) mass is 184 g/mol. The van der Waals surface area contributed by atoms with Crippen LogP contribution in [0.5, 0.6) is 0 Å². The second-order valence-electron chi connectivity index (χ2n) is 3.95. The molecule has 0 bridgehead atoms. The van der Waals surface area contributed by atoms with Gasteiger partial charge in [0.15, 0.2) is 5.60 Å². The molecule has 13 heavy (non-hydrogen) atoms. The van der Waals surface area contributed by atoms with Gasteiger partial charge in [0, 0.05) is 0 Å². The van der Waals surface area contributed by atoms with Gasteiger partial charge in [-0.15, -0.1) is 0 Å². The summed E-state index contributed by atoms with van der Waals surface area (Å²) in [5, 5.41) is 0. The minimum absolute atomic E-state index is 0.137. The lowest BCUT2D eigenvalue weighted by molar-refractivity contribution is -0.155. The Morgan fingerprint density at radius 2 is 2.15 bits per heavy atom. The van der Waals surface area contributed by atoms with Crippen LogP contribution in [-0.2, 0) is 14.3 Å². The van der Waals surface area contributed by atoms with Crippen LogP contribution in [0.2, 0.25) is 0 Å². The van der Waals surface area contributed by atoms with Crippen LogP contribution in [0.4, 0.5) is 0 Å². The van der Waals surface area contributed by atoms with E-state index in [2.05, 4.69) is 0 Å². The first-order chi connectivity index (χ1) is 6.27. The van der Waals surface area contributed by atoms with E-state index >= 15 is 0 Å². The maximum absolute atomic E-state index is 11.6. The fourth-order valence-electron chi connectivity index (χ4n) is 1.82. The normalized spacial score (nSPS) is 33.3. The van der Waals surface area contributed by atoms with Crippen molar-refractivity contribution < 1.29 is 14.3 Å². The van der Waals surface area contributed by atoms with Gasteiger partial charge in [0.05, 0.1) is 6.61 Å². The van der Waals surface area contributed by atoms with Gasteiger partial charge in [-0.1, -0.05) is 6.92 Å². The van der Waals surface area contributed by atoms with Crippen molar-refractivity contribution in [2.75, 3.05) is 6.61 Å². The topological polar surface area (TPSA) is 38.8 Å². The van der Waals surface area contributed by atoms with Gasteiger partial charge in [0.1, 0.15) is 6.10 Å². The Morgan fingerprint density at radius 3 is 2.62 bits per heavy atom. The highest BCUT2D eigenvalue weighted by atomic mass is 16.6. The average Bonchev–Trinajstić information content (AvgIpc) is 2.79. The van der Waals surface area contributed by atoms with E-state index in [-0.39, 0.29) is 12.1 Å². The minimum atomic E-state index is -0.553. The van der Waals surface area contributed by atoms with Crippen molar-refractivity contribution in [2.45, 2.75) is 50.7 Å². The van der Waals surface area contributed by atoms with Crippen LogP contribution in [0.1, 0.15) is 39.0 Å². The molecule has 2 fully saturated rings. The predicted molar refractivity (Wildman–Crippen MR) is 47.3 cm³/mol. The highest BCUT2D eigenvalue weighted by molar-refractivity contribution is 5.82. The zero-order chi connectivity index (χ0) is 9.31. The van der Waals surface area contributed by atoms with E-state index in [0.717, 1.165) is 19.3 Å². The van der Waals surface area contributed by atoms with Crippen LogP contribution in [0.3, 0.4) is 0 Å². The van der Waals surface area contributed by atoms with E-state index in [1.54, 1.807) is 0 Å². The Hall–Kier alpha value is -0.570. The van der Waals surface area contributed by atoms with E-state index in [1.165, 1.54) is 12.8 Å². The quantitative estimate of drug-likeness (QED) is 0.494. The lowest BCUT2D eigenvalue weighted by atomic mass is 10.1. The molecule has 1 saturated heterocycles. The summed E-state index contributed by atoms with van der Waals surface area (Å²) in [7, 11) is 0. The summed E-state index contributed by atoms with van der Waals surface area (Å²) in [6.07, 6.45) is 5.35. The number of epoxide rings is 1. The zero-order valence-electron chi connectivity index (χ0n) is 8.04. The highest BCUT2D eigenvalue weighted by Crippen LogP contribution is 2.33. The van der Waals surface area contributed by atoms with Crippen molar-refractivity contribution in [1.82, 2.24) is 0 Å². The van der Waals surface area contributed by atoms with E-state index in [0.29, 0.717) is 6.61 Å². The zero-order valence-corrected chi connectivity index (χ0v) is 8.04. The lowest BCUT2D eigenvalue weighted by Crippen LogP contribution is -2.29. The van der Waals surface area contributed by atoms with Crippen molar-refractivity contribution in [3.05, 3.63) is 0 Å². The highest BCUT2D eigenvalue weighted by Gasteiger charge is 2.52. The van der Waals surface area contributed by atoms with Crippen LogP contribution in [0.15, 0.2) is 0 Å². The Morgan fingerprint density at radius 1 is 1.54 bits per heavy atom. The molecule has 3 heteroatoms. The van der Waals surface area contributed by atoms with Crippen molar-refractivity contribution in [3.8, 4) is 0 Å². The second kappa shape index (κ2) is 3.29. The molecule has 0 spiro atoms. The van der Waals surface area contributed by atoms with Crippen LogP contribution in [0.25, 0.3) is 0 Å². The van der Waals surface area contributed by atoms with Crippen molar-refractivity contribution in [1.29, 1.82) is 0 Å². The van der Waals surface area contributed by atoms with Crippen molar-refractivity contribution in [2.24, 2.45) is 0 Å². The standard InChI is InChI=1S/C10H16O3/c1-2-10(7-12-10)9(11)13-8-5-3-4-6-8/h8H,2-7H2,1H3. The fourth-order valence-corrected chi connectivity index (χ4v) is 1.82. The number of rotatable bonds is 3. The number of hydrogen-bond acceptors (Lipinski definition) is 3. The Labute approximate surface area is 78.4 Å². The van der Waals surface area contributed by atoms with E-state index in [4.69, 9.17) is 9.47 Å². The molecule has 3 nitrogen and oxygen atoms in total. The Kier molecular flexibility index (Phi) is 2.28. The third-order valence-electron chi connectivity index (χ3n) is 3.01. The fraction of sp³-hybridized carbons (Fsp3) is 0.900. The molecule has 1 aliphatic carbocycles. The molecule has 1 saturated carbocycles. The molecule has 0 aromatic carbocycles. The SMILES string of the molecule is CCC1(C(=O)OC2CCCC2)CO1. The summed E-state index contributed by atoms with van der Waals surface area (Å²) in [5.74, 6) is -0.137.